The summed E-state index contributed by atoms with van der Waals surface area (Å²) in [5, 5.41) is 0. The van der Waals surface area contributed by atoms with E-state index in [0.717, 1.165) is 48.4 Å². The number of fused-ring (bicyclic) bond motifs is 1. The van der Waals surface area contributed by atoms with Gasteiger partial charge < -0.3 is 9.64 Å². The first-order valence-corrected chi connectivity index (χ1v) is 8.42. The molecule has 0 aromatic heterocycles. The van der Waals surface area contributed by atoms with Crippen molar-refractivity contribution in [2.45, 2.75) is 25.2 Å². The van der Waals surface area contributed by atoms with E-state index in [1.165, 1.54) is 6.07 Å². The zero-order chi connectivity index (χ0) is 16.7. The minimum absolute atomic E-state index is 0.0531. The molecule has 4 heteroatoms. The lowest BCUT2D eigenvalue weighted by Gasteiger charge is -2.31. The Labute approximate surface area is 141 Å². The van der Waals surface area contributed by atoms with E-state index in [1.54, 1.807) is 19.2 Å². The topological polar surface area (TPSA) is 29.5 Å². The molecule has 2 aliphatic rings. The molecule has 0 N–H and O–H groups in total. The van der Waals surface area contributed by atoms with Crippen LogP contribution in [0.25, 0.3) is 0 Å². The predicted molar refractivity (Wildman–Crippen MR) is 90.9 cm³/mol. The van der Waals surface area contributed by atoms with Crippen LogP contribution in [0, 0.1) is 11.7 Å². The van der Waals surface area contributed by atoms with Gasteiger partial charge in [-0.3, -0.25) is 4.79 Å². The normalized spacial score (nSPS) is 22.0. The number of methoxy groups -OCH3 is 1. The van der Waals surface area contributed by atoms with Crippen LogP contribution in [0.3, 0.4) is 0 Å². The number of rotatable bonds is 3. The lowest BCUT2D eigenvalue weighted by molar-refractivity contribution is -0.120. The van der Waals surface area contributed by atoms with Gasteiger partial charge in [0.2, 0.25) is 5.91 Å². The molecule has 124 valence electrons. The summed E-state index contributed by atoms with van der Waals surface area (Å²) in [5.41, 5.74) is 3.00. The van der Waals surface area contributed by atoms with Crippen molar-refractivity contribution < 1.29 is 13.9 Å². The van der Waals surface area contributed by atoms with E-state index in [-0.39, 0.29) is 23.6 Å². The van der Waals surface area contributed by atoms with Gasteiger partial charge in [-0.1, -0.05) is 24.3 Å². The highest BCUT2D eigenvalue weighted by Crippen LogP contribution is 2.50. The summed E-state index contributed by atoms with van der Waals surface area (Å²) in [6.45, 7) is 0.721. The molecule has 1 fully saturated rings. The molecule has 0 spiro atoms. The predicted octanol–water partition coefficient (Wildman–Crippen LogP) is 3.92. The minimum Gasteiger partial charge on any atom is -0.495 e. The van der Waals surface area contributed by atoms with Gasteiger partial charge in [0.15, 0.2) is 0 Å². The molecule has 0 saturated heterocycles. The number of hydrogen-bond acceptors (Lipinski definition) is 2. The van der Waals surface area contributed by atoms with Crippen LogP contribution in [0.5, 0.6) is 5.75 Å². The largest absolute Gasteiger partial charge is 0.495 e. The summed E-state index contributed by atoms with van der Waals surface area (Å²) in [7, 11) is 1.64. The number of para-hydroxylation sites is 1. The maximum absolute atomic E-state index is 13.4. The van der Waals surface area contributed by atoms with Gasteiger partial charge in [0, 0.05) is 12.5 Å². The van der Waals surface area contributed by atoms with Crippen LogP contribution in [0.4, 0.5) is 10.1 Å². The molecule has 0 radical (unpaired) electrons. The summed E-state index contributed by atoms with van der Waals surface area (Å²) >= 11 is 0. The van der Waals surface area contributed by atoms with Crippen LogP contribution in [0.15, 0.2) is 42.5 Å². The maximum atomic E-state index is 13.4. The number of aryl methyl sites for hydroxylation is 1. The zero-order valence-electron chi connectivity index (χ0n) is 13.7. The Morgan fingerprint density at radius 1 is 1.25 bits per heavy atom. The first-order valence-electron chi connectivity index (χ1n) is 8.42. The molecular formula is C20H20FNO2. The smallest absolute Gasteiger partial charge is 0.230 e. The first kappa shape index (κ1) is 15.2. The molecule has 4 rings (SSSR count). The molecule has 1 heterocycles. The molecule has 1 aliphatic heterocycles. The van der Waals surface area contributed by atoms with Gasteiger partial charge in [-0.15, -0.1) is 0 Å². The number of hydrogen-bond donors (Lipinski definition) is 0. The Kier molecular flexibility index (Phi) is 3.75. The molecule has 3 nitrogen and oxygen atoms in total. The molecule has 1 amide bonds. The molecule has 2 aromatic carbocycles. The number of carbonyl (C=O) groups excluding carboxylic acids is 1. The van der Waals surface area contributed by atoms with Gasteiger partial charge >= 0.3 is 0 Å². The van der Waals surface area contributed by atoms with E-state index in [1.807, 2.05) is 23.1 Å². The first-order chi connectivity index (χ1) is 11.7. The Morgan fingerprint density at radius 2 is 2.08 bits per heavy atom. The van der Waals surface area contributed by atoms with E-state index < -0.39 is 0 Å². The van der Waals surface area contributed by atoms with E-state index in [9.17, 15) is 9.18 Å². The Balaban J connectivity index is 1.59. The quantitative estimate of drug-likeness (QED) is 0.856. The molecule has 1 saturated carbocycles. The molecule has 0 bridgehead atoms. The van der Waals surface area contributed by atoms with E-state index in [4.69, 9.17) is 4.74 Å². The summed E-state index contributed by atoms with van der Waals surface area (Å²) in [6.07, 6.45) is 2.72. The molecule has 0 unspecified atom stereocenters. The van der Waals surface area contributed by atoms with Crippen molar-refractivity contribution in [2.24, 2.45) is 5.92 Å². The van der Waals surface area contributed by atoms with Gasteiger partial charge in [-0.25, -0.2) is 4.39 Å². The summed E-state index contributed by atoms with van der Waals surface area (Å²) in [6, 6.07) is 12.5. The fourth-order valence-corrected chi connectivity index (χ4v) is 3.77. The van der Waals surface area contributed by atoms with Crippen molar-refractivity contribution in [3.05, 3.63) is 59.4 Å². The highest BCUT2D eigenvalue weighted by atomic mass is 19.1. The van der Waals surface area contributed by atoms with Crippen LogP contribution in [0.1, 0.15) is 29.9 Å². The average Bonchev–Trinajstić information content (AvgIpc) is 3.41. The third-order valence-corrected chi connectivity index (χ3v) is 5.05. The van der Waals surface area contributed by atoms with Crippen LogP contribution in [0.2, 0.25) is 0 Å². The van der Waals surface area contributed by atoms with Crippen molar-refractivity contribution in [1.29, 1.82) is 0 Å². The molecule has 24 heavy (non-hydrogen) atoms. The van der Waals surface area contributed by atoms with Crippen LogP contribution < -0.4 is 9.64 Å². The Hall–Kier alpha value is -2.36. The number of amides is 1. The van der Waals surface area contributed by atoms with Crippen molar-refractivity contribution >= 4 is 11.6 Å². The lowest BCUT2D eigenvalue weighted by atomic mass is 10.00. The second-order valence-corrected chi connectivity index (χ2v) is 6.57. The number of nitrogens with zero attached hydrogens (tertiary/aromatic N) is 1. The molecule has 2 aromatic rings. The summed E-state index contributed by atoms with van der Waals surface area (Å²) < 4.78 is 18.9. The Morgan fingerprint density at radius 3 is 2.88 bits per heavy atom. The molecule has 2 atom stereocenters. The summed E-state index contributed by atoms with van der Waals surface area (Å²) in [4.78, 5) is 14.9. The highest BCUT2D eigenvalue weighted by Gasteiger charge is 2.47. The SMILES string of the molecule is COc1cccc2c1N(C(=O)[C@@H]1C[C@@H]1c1cccc(F)c1)CCC2. The van der Waals surface area contributed by atoms with E-state index in [2.05, 4.69) is 6.07 Å². The highest BCUT2D eigenvalue weighted by molar-refractivity contribution is 5.99. The van der Waals surface area contributed by atoms with Crippen molar-refractivity contribution in [3.63, 3.8) is 0 Å². The van der Waals surface area contributed by atoms with Crippen LogP contribution in [-0.2, 0) is 11.2 Å². The lowest BCUT2D eigenvalue weighted by Crippen LogP contribution is -2.37. The van der Waals surface area contributed by atoms with E-state index >= 15 is 0 Å². The van der Waals surface area contributed by atoms with Crippen molar-refractivity contribution in [2.75, 3.05) is 18.6 Å². The third kappa shape index (κ3) is 2.56. The third-order valence-electron chi connectivity index (χ3n) is 5.05. The maximum Gasteiger partial charge on any atom is 0.230 e. The van der Waals surface area contributed by atoms with Gasteiger partial charge in [-0.2, -0.15) is 0 Å². The second kappa shape index (κ2) is 5.93. The molecular weight excluding hydrogens is 305 g/mol. The average molecular weight is 325 g/mol. The standard InChI is InChI=1S/C20H20FNO2/c1-24-18-9-3-5-13-7-4-10-22(19(13)18)20(23)17-12-16(17)14-6-2-8-15(21)11-14/h2-3,5-6,8-9,11,16-17H,4,7,10,12H2,1H3/t16-,17-/m1/s1. The minimum atomic E-state index is -0.240. The van der Waals surface area contributed by atoms with Gasteiger partial charge in [-0.05, 0) is 54.5 Å². The Bertz CT molecular complexity index is 775. The van der Waals surface area contributed by atoms with Crippen LogP contribution >= 0.6 is 0 Å². The number of carbonyl (C=O) groups is 1. The van der Waals surface area contributed by atoms with Crippen molar-refractivity contribution in [1.82, 2.24) is 0 Å². The molecule has 1 aliphatic carbocycles. The number of benzene rings is 2. The number of halogens is 1. The van der Waals surface area contributed by atoms with Gasteiger partial charge in [0.05, 0.1) is 12.8 Å². The number of anilines is 1. The second-order valence-electron chi connectivity index (χ2n) is 6.57. The number of ether oxygens (including phenoxy) is 1. The van der Waals surface area contributed by atoms with Crippen LogP contribution in [-0.4, -0.2) is 19.6 Å². The van der Waals surface area contributed by atoms with Gasteiger partial charge in [0.25, 0.3) is 0 Å². The summed E-state index contributed by atoms with van der Waals surface area (Å²) in [5.74, 6) is 0.727. The fourth-order valence-electron chi connectivity index (χ4n) is 3.77. The van der Waals surface area contributed by atoms with Gasteiger partial charge in [0.1, 0.15) is 11.6 Å². The monoisotopic (exact) mass is 325 g/mol. The van der Waals surface area contributed by atoms with E-state index in [0.29, 0.717) is 0 Å². The zero-order valence-corrected chi connectivity index (χ0v) is 13.7. The fraction of sp³-hybridized carbons (Fsp3) is 0.350. The van der Waals surface area contributed by atoms with Crippen molar-refractivity contribution in [3.8, 4) is 5.75 Å².